The molecule has 1 aliphatic heterocycles. The third-order valence-corrected chi connectivity index (χ3v) is 5.45. The zero-order valence-electron chi connectivity index (χ0n) is 14.1. The number of morpholine rings is 1. The Labute approximate surface area is 141 Å². The zero-order chi connectivity index (χ0) is 16.6. The fourth-order valence-electron chi connectivity index (χ4n) is 2.80. The Kier molecular flexibility index (Phi) is 4.64. The molecule has 124 valence electrons. The highest BCUT2D eigenvalue weighted by atomic mass is 32.2. The van der Waals surface area contributed by atoms with E-state index in [-0.39, 0.29) is 12.0 Å². The molecular weight excluding hydrogens is 310 g/mol. The van der Waals surface area contributed by atoms with Gasteiger partial charge < -0.3 is 14.2 Å². The van der Waals surface area contributed by atoms with E-state index in [4.69, 9.17) is 9.72 Å². The molecular formula is C17H23N3O2S. The van der Waals surface area contributed by atoms with E-state index >= 15 is 0 Å². The molecule has 23 heavy (non-hydrogen) atoms. The van der Waals surface area contributed by atoms with Crippen molar-refractivity contribution in [3.8, 4) is 0 Å². The summed E-state index contributed by atoms with van der Waals surface area (Å²) < 4.78 is 7.49. The van der Waals surface area contributed by atoms with E-state index in [1.165, 1.54) is 11.1 Å². The third kappa shape index (κ3) is 3.23. The normalized spacial score (nSPS) is 18.9. The molecule has 1 aromatic carbocycles. The number of imidazole rings is 1. The molecule has 0 N–H and O–H groups in total. The summed E-state index contributed by atoms with van der Waals surface area (Å²) in [5.74, 6) is 0.932. The van der Waals surface area contributed by atoms with Gasteiger partial charge in [0.05, 0.1) is 17.6 Å². The molecule has 1 fully saturated rings. The molecule has 1 atom stereocenters. The van der Waals surface area contributed by atoms with Crippen molar-refractivity contribution in [2.24, 2.45) is 7.05 Å². The lowest BCUT2D eigenvalue weighted by atomic mass is 10.1. The van der Waals surface area contributed by atoms with Gasteiger partial charge >= 0.3 is 0 Å². The number of aryl methyl sites for hydroxylation is 3. The molecule has 0 spiro atoms. The summed E-state index contributed by atoms with van der Waals surface area (Å²) >= 11 is 1.70. The molecule has 1 aliphatic rings. The van der Waals surface area contributed by atoms with Gasteiger partial charge in [-0.15, -0.1) is 0 Å². The zero-order valence-corrected chi connectivity index (χ0v) is 14.9. The van der Waals surface area contributed by atoms with Crippen molar-refractivity contribution < 1.29 is 9.53 Å². The van der Waals surface area contributed by atoms with Crippen LogP contribution in [0.2, 0.25) is 0 Å². The average molecular weight is 333 g/mol. The van der Waals surface area contributed by atoms with Gasteiger partial charge in [0.2, 0.25) is 0 Å². The van der Waals surface area contributed by atoms with Gasteiger partial charge in [0.25, 0.3) is 5.91 Å². The number of hydrogen-bond donors (Lipinski definition) is 0. The van der Waals surface area contributed by atoms with E-state index in [0.717, 1.165) is 28.5 Å². The first-order valence-electron chi connectivity index (χ1n) is 7.94. The standard InChI is InChI=1S/C17H23N3O2S/c1-11-9-14-15(10-12(11)2)19(4)17(18-14)23-8-6-20-5-7-22-13(3)16(20)21/h9-10,13H,5-8H2,1-4H3. The maximum Gasteiger partial charge on any atom is 0.251 e. The number of benzene rings is 1. The van der Waals surface area contributed by atoms with Crippen LogP contribution in [-0.2, 0) is 16.6 Å². The highest BCUT2D eigenvalue weighted by molar-refractivity contribution is 7.99. The second kappa shape index (κ2) is 6.53. The van der Waals surface area contributed by atoms with E-state index in [9.17, 15) is 4.79 Å². The number of thioether (sulfide) groups is 1. The van der Waals surface area contributed by atoms with Crippen molar-refractivity contribution in [3.63, 3.8) is 0 Å². The number of carbonyl (C=O) groups excluding carboxylic acids is 1. The monoisotopic (exact) mass is 333 g/mol. The molecule has 1 aromatic heterocycles. The third-order valence-electron chi connectivity index (χ3n) is 4.44. The Bertz CT molecular complexity index is 741. The topological polar surface area (TPSA) is 47.4 Å². The fraction of sp³-hybridized carbons (Fsp3) is 0.529. The van der Waals surface area contributed by atoms with Crippen molar-refractivity contribution in [3.05, 3.63) is 23.3 Å². The van der Waals surface area contributed by atoms with E-state index in [0.29, 0.717) is 13.2 Å². The van der Waals surface area contributed by atoms with Crippen LogP contribution in [0.3, 0.4) is 0 Å². The maximum absolute atomic E-state index is 12.0. The van der Waals surface area contributed by atoms with Gasteiger partial charge in [-0.3, -0.25) is 4.79 Å². The molecule has 1 saturated heterocycles. The summed E-state index contributed by atoms with van der Waals surface area (Å²) in [6.07, 6.45) is -0.310. The van der Waals surface area contributed by atoms with Crippen LogP contribution in [0.15, 0.2) is 17.3 Å². The smallest absolute Gasteiger partial charge is 0.251 e. The first-order chi connectivity index (χ1) is 11.0. The predicted molar refractivity (Wildman–Crippen MR) is 92.9 cm³/mol. The Hall–Kier alpha value is -1.53. The SMILES string of the molecule is Cc1cc2nc(SCCN3CCOC(C)C3=O)n(C)c2cc1C. The van der Waals surface area contributed by atoms with Crippen LogP contribution >= 0.6 is 11.8 Å². The van der Waals surface area contributed by atoms with Crippen LogP contribution in [0.5, 0.6) is 0 Å². The highest BCUT2D eigenvalue weighted by Gasteiger charge is 2.25. The lowest BCUT2D eigenvalue weighted by Crippen LogP contribution is -2.47. The minimum absolute atomic E-state index is 0.0908. The van der Waals surface area contributed by atoms with Crippen LogP contribution < -0.4 is 0 Å². The van der Waals surface area contributed by atoms with Gasteiger partial charge in [-0.1, -0.05) is 11.8 Å². The Morgan fingerprint density at radius 3 is 2.87 bits per heavy atom. The Morgan fingerprint density at radius 2 is 2.09 bits per heavy atom. The lowest BCUT2D eigenvalue weighted by molar-refractivity contribution is -0.150. The first kappa shape index (κ1) is 16.3. The molecule has 1 amide bonds. The Balaban J connectivity index is 1.68. The summed E-state index contributed by atoms with van der Waals surface area (Å²) in [6.45, 7) is 8.10. The van der Waals surface area contributed by atoms with Crippen molar-refractivity contribution >= 4 is 28.7 Å². The molecule has 0 aliphatic carbocycles. The summed E-state index contributed by atoms with van der Waals surface area (Å²) in [6, 6.07) is 4.33. The van der Waals surface area contributed by atoms with Crippen LogP contribution in [0.25, 0.3) is 11.0 Å². The highest BCUT2D eigenvalue weighted by Crippen LogP contribution is 2.25. The van der Waals surface area contributed by atoms with Crippen LogP contribution in [0.1, 0.15) is 18.1 Å². The molecule has 1 unspecified atom stereocenters. The molecule has 3 rings (SSSR count). The number of amides is 1. The van der Waals surface area contributed by atoms with Crippen molar-refractivity contribution in [2.75, 3.05) is 25.4 Å². The van der Waals surface area contributed by atoms with Crippen molar-refractivity contribution in [2.45, 2.75) is 32.0 Å². The second-order valence-corrected chi connectivity index (χ2v) is 7.13. The minimum Gasteiger partial charge on any atom is -0.367 e. The fourth-order valence-corrected chi connectivity index (χ4v) is 3.75. The predicted octanol–water partition coefficient (Wildman–Crippen LogP) is 2.53. The number of carbonyl (C=O) groups is 1. The average Bonchev–Trinajstić information content (AvgIpc) is 2.80. The quantitative estimate of drug-likeness (QED) is 0.807. The number of nitrogens with zero attached hydrogens (tertiary/aromatic N) is 3. The molecule has 0 bridgehead atoms. The molecule has 5 nitrogen and oxygen atoms in total. The van der Waals surface area contributed by atoms with Gasteiger partial charge in [0.15, 0.2) is 5.16 Å². The van der Waals surface area contributed by atoms with E-state index in [1.807, 2.05) is 11.8 Å². The van der Waals surface area contributed by atoms with E-state index in [1.54, 1.807) is 11.8 Å². The van der Waals surface area contributed by atoms with Gasteiger partial charge in [-0.2, -0.15) is 0 Å². The van der Waals surface area contributed by atoms with Gasteiger partial charge in [0.1, 0.15) is 6.10 Å². The number of rotatable bonds is 4. The summed E-state index contributed by atoms with van der Waals surface area (Å²) in [4.78, 5) is 18.6. The molecule has 2 heterocycles. The van der Waals surface area contributed by atoms with E-state index < -0.39 is 0 Å². The number of ether oxygens (including phenoxy) is 1. The molecule has 6 heteroatoms. The summed E-state index contributed by atoms with van der Waals surface area (Å²) in [5, 5.41) is 0.999. The van der Waals surface area contributed by atoms with Crippen molar-refractivity contribution in [1.29, 1.82) is 0 Å². The molecule has 2 aromatic rings. The summed E-state index contributed by atoms with van der Waals surface area (Å²) in [5.41, 5.74) is 4.74. The van der Waals surface area contributed by atoms with Gasteiger partial charge in [-0.25, -0.2) is 4.98 Å². The van der Waals surface area contributed by atoms with Crippen LogP contribution in [0, 0.1) is 13.8 Å². The van der Waals surface area contributed by atoms with Crippen LogP contribution in [0.4, 0.5) is 0 Å². The Morgan fingerprint density at radius 1 is 1.35 bits per heavy atom. The van der Waals surface area contributed by atoms with Gasteiger partial charge in [-0.05, 0) is 44.0 Å². The summed E-state index contributed by atoms with van der Waals surface area (Å²) in [7, 11) is 2.05. The van der Waals surface area contributed by atoms with Crippen LogP contribution in [-0.4, -0.2) is 51.9 Å². The van der Waals surface area contributed by atoms with E-state index in [2.05, 4.69) is 37.6 Å². The maximum atomic E-state index is 12.0. The molecule has 0 saturated carbocycles. The first-order valence-corrected chi connectivity index (χ1v) is 8.93. The minimum atomic E-state index is -0.310. The number of fused-ring (bicyclic) bond motifs is 1. The second-order valence-electron chi connectivity index (χ2n) is 6.07. The lowest BCUT2D eigenvalue weighted by Gasteiger charge is -2.30. The van der Waals surface area contributed by atoms with Gasteiger partial charge in [0, 0.05) is 25.9 Å². The number of aromatic nitrogens is 2. The molecule has 0 radical (unpaired) electrons. The number of hydrogen-bond acceptors (Lipinski definition) is 4. The van der Waals surface area contributed by atoms with Crippen molar-refractivity contribution in [1.82, 2.24) is 14.5 Å². The largest absolute Gasteiger partial charge is 0.367 e.